The van der Waals surface area contributed by atoms with E-state index in [0.29, 0.717) is 5.56 Å². The van der Waals surface area contributed by atoms with Crippen LogP contribution < -0.4 is 10.2 Å². The van der Waals surface area contributed by atoms with E-state index in [-0.39, 0.29) is 5.91 Å². The van der Waals surface area contributed by atoms with Crippen LogP contribution in [0.4, 0.5) is 11.4 Å². The van der Waals surface area contributed by atoms with Crippen molar-refractivity contribution in [3.05, 3.63) is 93.9 Å². The second-order valence-electron chi connectivity index (χ2n) is 7.55. The Morgan fingerprint density at radius 1 is 1.03 bits per heavy atom. The fourth-order valence-electron chi connectivity index (χ4n) is 3.75. The van der Waals surface area contributed by atoms with Gasteiger partial charge in [-0.1, -0.05) is 0 Å². The largest absolute Gasteiger partial charge is 0.367 e. The highest BCUT2D eigenvalue weighted by Crippen LogP contribution is 2.28. The van der Waals surface area contributed by atoms with E-state index >= 15 is 0 Å². The summed E-state index contributed by atoms with van der Waals surface area (Å²) in [6, 6.07) is 17.8. The van der Waals surface area contributed by atoms with Crippen LogP contribution in [0, 0.1) is 6.92 Å². The van der Waals surface area contributed by atoms with Gasteiger partial charge >= 0.3 is 0 Å². The van der Waals surface area contributed by atoms with Gasteiger partial charge in [0.15, 0.2) is 0 Å². The second-order valence-corrected chi connectivity index (χ2v) is 8.55. The Kier molecular flexibility index (Phi) is 4.85. The number of nitrogens with one attached hydrogen (secondary N) is 1. The zero-order valence-electron chi connectivity index (χ0n) is 16.7. The number of amides is 1. The van der Waals surface area contributed by atoms with Crippen molar-refractivity contribution in [3.8, 4) is 5.69 Å². The Balaban J connectivity index is 1.24. The molecule has 0 bridgehead atoms. The third-order valence-corrected chi connectivity index (χ3v) is 6.43. The summed E-state index contributed by atoms with van der Waals surface area (Å²) in [4.78, 5) is 16.5. The highest BCUT2D eigenvalue weighted by Gasteiger charge is 2.17. The van der Waals surface area contributed by atoms with Crippen LogP contribution in [0.25, 0.3) is 5.69 Å². The minimum absolute atomic E-state index is 0.119. The summed E-state index contributed by atoms with van der Waals surface area (Å²) in [6.07, 6.45) is 4.87. The predicted molar refractivity (Wildman–Crippen MR) is 122 cm³/mol. The maximum absolute atomic E-state index is 12.6. The van der Waals surface area contributed by atoms with Gasteiger partial charge in [-0.05, 0) is 84.4 Å². The van der Waals surface area contributed by atoms with E-state index in [1.165, 1.54) is 16.1 Å². The van der Waals surface area contributed by atoms with E-state index in [9.17, 15) is 4.79 Å². The molecule has 2 aromatic heterocycles. The third kappa shape index (κ3) is 3.74. The van der Waals surface area contributed by atoms with Gasteiger partial charge in [-0.3, -0.25) is 4.79 Å². The normalized spacial score (nSPS) is 13.2. The lowest BCUT2D eigenvalue weighted by atomic mass is 10.1. The summed E-state index contributed by atoms with van der Waals surface area (Å²) in [5.74, 6) is -0.119. The van der Waals surface area contributed by atoms with Gasteiger partial charge in [0.05, 0.1) is 11.9 Å². The van der Waals surface area contributed by atoms with E-state index in [1.54, 1.807) is 4.68 Å². The molecule has 5 nitrogen and oxygen atoms in total. The van der Waals surface area contributed by atoms with E-state index in [1.807, 2.05) is 67.1 Å². The quantitative estimate of drug-likeness (QED) is 0.508. The Hall–Kier alpha value is -3.38. The Labute approximate surface area is 179 Å². The van der Waals surface area contributed by atoms with Crippen molar-refractivity contribution < 1.29 is 4.79 Å². The maximum atomic E-state index is 12.6. The van der Waals surface area contributed by atoms with Crippen LogP contribution in [0.15, 0.2) is 72.4 Å². The van der Waals surface area contributed by atoms with Crippen molar-refractivity contribution >= 4 is 28.6 Å². The van der Waals surface area contributed by atoms with Crippen LogP contribution in [0.2, 0.25) is 0 Å². The Morgan fingerprint density at radius 3 is 2.53 bits per heavy atom. The molecule has 1 aliphatic heterocycles. The zero-order valence-corrected chi connectivity index (χ0v) is 17.5. The number of aryl methyl sites for hydroxylation is 1. The van der Waals surface area contributed by atoms with Crippen molar-refractivity contribution in [2.75, 3.05) is 16.8 Å². The minimum Gasteiger partial charge on any atom is -0.367 e. The van der Waals surface area contributed by atoms with Gasteiger partial charge < -0.3 is 10.2 Å². The zero-order chi connectivity index (χ0) is 20.5. The van der Waals surface area contributed by atoms with Gasteiger partial charge in [0.1, 0.15) is 0 Å². The smallest absolute Gasteiger partial charge is 0.255 e. The highest BCUT2D eigenvalue weighted by atomic mass is 32.1. The first-order chi connectivity index (χ1) is 14.7. The molecule has 0 atom stereocenters. The average molecular weight is 415 g/mol. The molecule has 5 rings (SSSR count). The van der Waals surface area contributed by atoms with E-state index in [0.717, 1.165) is 36.4 Å². The number of hydrogen-bond donors (Lipinski definition) is 1. The van der Waals surface area contributed by atoms with Crippen molar-refractivity contribution in [2.45, 2.75) is 19.9 Å². The van der Waals surface area contributed by atoms with Gasteiger partial charge in [0.2, 0.25) is 0 Å². The number of rotatable bonds is 4. The van der Waals surface area contributed by atoms with Crippen molar-refractivity contribution in [1.82, 2.24) is 9.78 Å². The molecule has 3 heterocycles. The molecule has 4 aromatic rings. The first-order valence-electron chi connectivity index (χ1n) is 9.99. The molecule has 1 aliphatic rings. The molecule has 150 valence electrons. The summed E-state index contributed by atoms with van der Waals surface area (Å²) in [6.45, 7) is 3.98. The molecule has 0 radical (unpaired) electrons. The predicted octanol–water partition coefficient (Wildman–Crippen LogP) is 5.06. The SMILES string of the molecule is Cc1cnn(-c2ccc(C(=O)Nc3ccc(N4CCc5sccc5C4)cc3)cc2)c1. The first kappa shape index (κ1) is 18.6. The fourth-order valence-corrected chi connectivity index (χ4v) is 4.64. The van der Waals surface area contributed by atoms with Crippen LogP contribution in [0.5, 0.6) is 0 Å². The lowest BCUT2D eigenvalue weighted by Gasteiger charge is -2.29. The first-order valence-corrected chi connectivity index (χ1v) is 10.9. The lowest BCUT2D eigenvalue weighted by Crippen LogP contribution is -2.29. The Bertz CT molecular complexity index is 1170. The van der Waals surface area contributed by atoms with Crippen LogP contribution in [-0.4, -0.2) is 22.2 Å². The molecular formula is C24H22N4OS. The highest BCUT2D eigenvalue weighted by molar-refractivity contribution is 7.10. The van der Waals surface area contributed by atoms with E-state index < -0.39 is 0 Å². The van der Waals surface area contributed by atoms with Crippen LogP contribution in [-0.2, 0) is 13.0 Å². The summed E-state index contributed by atoms with van der Waals surface area (Å²) in [5.41, 5.74) is 6.05. The van der Waals surface area contributed by atoms with Crippen molar-refractivity contribution in [3.63, 3.8) is 0 Å². The number of anilines is 2. The molecule has 2 aromatic carbocycles. The molecule has 1 N–H and O–H groups in total. The molecule has 6 heteroatoms. The van der Waals surface area contributed by atoms with Crippen LogP contribution in [0.1, 0.15) is 26.4 Å². The van der Waals surface area contributed by atoms with E-state index in [4.69, 9.17) is 0 Å². The number of carbonyl (C=O) groups is 1. The summed E-state index contributed by atoms with van der Waals surface area (Å²) in [7, 11) is 0. The minimum atomic E-state index is -0.119. The molecule has 0 saturated carbocycles. The number of thiophene rings is 1. The summed E-state index contributed by atoms with van der Waals surface area (Å²) >= 11 is 1.85. The molecular weight excluding hydrogens is 392 g/mol. The molecule has 0 spiro atoms. The number of hydrogen-bond acceptors (Lipinski definition) is 4. The van der Waals surface area contributed by atoms with Crippen LogP contribution >= 0.6 is 11.3 Å². The average Bonchev–Trinajstić information content (AvgIpc) is 3.42. The lowest BCUT2D eigenvalue weighted by molar-refractivity contribution is 0.102. The standard InChI is InChI=1S/C24H22N4OS/c1-17-14-25-28(15-17)22-6-2-18(3-7-22)24(29)26-20-4-8-21(9-5-20)27-12-10-23-19(16-27)11-13-30-23/h2-9,11,13-15H,10,12,16H2,1H3,(H,26,29). The number of aromatic nitrogens is 2. The number of fused-ring (bicyclic) bond motifs is 1. The van der Waals surface area contributed by atoms with Gasteiger partial charge in [-0.2, -0.15) is 5.10 Å². The Morgan fingerprint density at radius 2 is 1.80 bits per heavy atom. The molecule has 0 unspecified atom stereocenters. The number of nitrogens with zero attached hydrogens (tertiary/aromatic N) is 3. The topological polar surface area (TPSA) is 50.2 Å². The van der Waals surface area contributed by atoms with Crippen molar-refractivity contribution in [2.24, 2.45) is 0 Å². The van der Waals surface area contributed by atoms with Gasteiger partial charge in [0, 0.05) is 41.1 Å². The molecule has 30 heavy (non-hydrogen) atoms. The van der Waals surface area contributed by atoms with Gasteiger partial charge in [-0.15, -0.1) is 11.3 Å². The maximum Gasteiger partial charge on any atom is 0.255 e. The fraction of sp³-hybridized carbons (Fsp3) is 0.167. The molecule has 1 amide bonds. The molecule has 0 fully saturated rings. The monoisotopic (exact) mass is 414 g/mol. The number of carbonyl (C=O) groups excluding carboxylic acids is 1. The van der Waals surface area contributed by atoms with Gasteiger partial charge in [-0.25, -0.2) is 4.68 Å². The second kappa shape index (κ2) is 7.80. The summed E-state index contributed by atoms with van der Waals surface area (Å²) in [5, 5.41) is 9.46. The van der Waals surface area contributed by atoms with Gasteiger partial charge in [0.25, 0.3) is 5.91 Å². The van der Waals surface area contributed by atoms with E-state index in [2.05, 4.69) is 38.9 Å². The summed E-state index contributed by atoms with van der Waals surface area (Å²) < 4.78 is 1.80. The molecule has 0 saturated heterocycles. The number of benzene rings is 2. The van der Waals surface area contributed by atoms with Crippen molar-refractivity contribution in [1.29, 1.82) is 0 Å². The molecule has 0 aliphatic carbocycles. The third-order valence-electron chi connectivity index (χ3n) is 5.40. The van der Waals surface area contributed by atoms with Crippen LogP contribution in [0.3, 0.4) is 0 Å².